The maximum Gasteiger partial charge on any atom is 0.247 e. The van der Waals surface area contributed by atoms with Crippen molar-refractivity contribution < 1.29 is 19.0 Å². The Morgan fingerprint density at radius 1 is 1.13 bits per heavy atom. The van der Waals surface area contributed by atoms with Gasteiger partial charge in [-0.15, -0.1) is 0 Å². The molecule has 1 aromatic heterocycles. The number of hydrogen-bond donors (Lipinski definition) is 1. The molecule has 156 valence electrons. The molecule has 1 aliphatic rings. The summed E-state index contributed by atoms with van der Waals surface area (Å²) in [7, 11) is 4.70. The third-order valence-corrected chi connectivity index (χ3v) is 5.36. The fourth-order valence-electron chi connectivity index (χ4n) is 3.91. The number of ether oxygens (including phenoxy) is 3. The first kappa shape index (κ1) is 19.8. The van der Waals surface area contributed by atoms with Crippen molar-refractivity contribution in [2.45, 2.75) is 18.9 Å². The second-order valence-electron chi connectivity index (χ2n) is 7.12. The van der Waals surface area contributed by atoms with Gasteiger partial charge in [-0.1, -0.05) is 12.1 Å². The molecule has 1 fully saturated rings. The van der Waals surface area contributed by atoms with Crippen molar-refractivity contribution in [1.29, 1.82) is 0 Å². The number of carbonyl (C=O) groups excluding carboxylic acids is 1. The average molecular weight is 407 g/mol. The highest BCUT2D eigenvalue weighted by Crippen LogP contribution is 2.38. The summed E-state index contributed by atoms with van der Waals surface area (Å²) in [6.45, 7) is 0.708. The largest absolute Gasteiger partial charge is 0.493 e. The Kier molecular flexibility index (Phi) is 5.61. The molecule has 1 saturated heterocycles. The molecule has 1 atom stereocenters. The molecule has 2 heterocycles. The number of aromatic nitrogens is 2. The zero-order chi connectivity index (χ0) is 21.1. The molecule has 0 aliphatic carbocycles. The lowest BCUT2D eigenvalue weighted by atomic mass is 10.1. The molecule has 0 bridgehead atoms. The number of methoxy groups -OCH3 is 3. The van der Waals surface area contributed by atoms with E-state index in [2.05, 4.69) is 9.97 Å². The second kappa shape index (κ2) is 8.49. The van der Waals surface area contributed by atoms with E-state index in [9.17, 15) is 4.79 Å². The molecule has 3 aromatic rings. The molecule has 1 aliphatic heterocycles. The van der Waals surface area contributed by atoms with Crippen LogP contribution in [-0.2, 0) is 4.79 Å². The number of amides is 1. The number of carbonyl (C=O) groups is 1. The van der Waals surface area contributed by atoms with Crippen LogP contribution >= 0.6 is 0 Å². The fourth-order valence-corrected chi connectivity index (χ4v) is 3.91. The third-order valence-electron chi connectivity index (χ3n) is 5.36. The number of imidazole rings is 1. The monoisotopic (exact) mass is 407 g/mol. The van der Waals surface area contributed by atoms with Gasteiger partial charge in [0, 0.05) is 12.6 Å². The van der Waals surface area contributed by atoms with Crippen LogP contribution < -0.4 is 14.2 Å². The molecule has 0 saturated carbocycles. The van der Waals surface area contributed by atoms with Crippen LogP contribution in [0.15, 0.2) is 42.5 Å². The Morgan fingerprint density at radius 3 is 2.53 bits per heavy atom. The molecule has 7 nitrogen and oxygen atoms in total. The van der Waals surface area contributed by atoms with Crippen molar-refractivity contribution in [3.05, 3.63) is 53.9 Å². The van der Waals surface area contributed by atoms with E-state index in [4.69, 9.17) is 14.2 Å². The van der Waals surface area contributed by atoms with Crippen molar-refractivity contribution in [3.8, 4) is 17.2 Å². The molecule has 1 amide bonds. The van der Waals surface area contributed by atoms with Crippen molar-refractivity contribution in [1.82, 2.24) is 14.9 Å². The SMILES string of the molecule is COc1cc(/C=C/C(=O)N2CCCC2c2nc3ccccc3[nH]2)cc(OC)c1OC. The number of aromatic amines is 1. The minimum Gasteiger partial charge on any atom is -0.493 e. The number of para-hydroxylation sites is 2. The van der Waals surface area contributed by atoms with Gasteiger partial charge >= 0.3 is 0 Å². The van der Waals surface area contributed by atoms with Crippen LogP contribution in [-0.4, -0.2) is 48.6 Å². The second-order valence-corrected chi connectivity index (χ2v) is 7.12. The Hall–Kier alpha value is -3.48. The molecule has 2 aromatic carbocycles. The van der Waals surface area contributed by atoms with E-state index in [0.29, 0.717) is 23.8 Å². The van der Waals surface area contributed by atoms with Crippen LogP contribution in [0.3, 0.4) is 0 Å². The first-order valence-electron chi connectivity index (χ1n) is 9.88. The summed E-state index contributed by atoms with van der Waals surface area (Å²) >= 11 is 0. The van der Waals surface area contributed by atoms with Crippen LogP contribution in [0.1, 0.15) is 30.3 Å². The third kappa shape index (κ3) is 3.70. The molecule has 1 unspecified atom stereocenters. The number of fused-ring (bicyclic) bond motifs is 1. The van der Waals surface area contributed by atoms with E-state index >= 15 is 0 Å². The predicted octanol–water partition coefficient (Wildman–Crippen LogP) is 3.97. The highest BCUT2D eigenvalue weighted by Gasteiger charge is 2.31. The van der Waals surface area contributed by atoms with E-state index in [0.717, 1.165) is 35.3 Å². The van der Waals surface area contributed by atoms with Crippen LogP contribution in [0.4, 0.5) is 0 Å². The molecule has 0 spiro atoms. The van der Waals surface area contributed by atoms with Crippen molar-refractivity contribution in [2.75, 3.05) is 27.9 Å². The van der Waals surface area contributed by atoms with E-state index < -0.39 is 0 Å². The molecule has 30 heavy (non-hydrogen) atoms. The Balaban J connectivity index is 1.56. The van der Waals surface area contributed by atoms with Crippen molar-refractivity contribution in [3.63, 3.8) is 0 Å². The fraction of sp³-hybridized carbons (Fsp3) is 0.304. The zero-order valence-electron chi connectivity index (χ0n) is 17.3. The van der Waals surface area contributed by atoms with Gasteiger partial charge in [0.2, 0.25) is 11.7 Å². The Morgan fingerprint density at radius 2 is 1.87 bits per heavy atom. The number of likely N-dealkylation sites (tertiary alicyclic amines) is 1. The number of nitrogens with one attached hydrogen (secondary N) is 1. The molecular weight excluding hydrogens is 382 g/mol. The van der Waals surface area contributed by atoms with Crippen LogP contribution in [0, 0.1) is 0 Å². The molecule has 4 rings (SSSR count). The highest BCUT2D eigenvalue weighted by molar-refractivity contribution is 5.92. The lowest BCUT2D eigenvalue weighted by molar-refractivity contribution is -0.126. The summed E-state index contributed by atoms with van der Waals surface area (Å²) < 4.78 is 16.1. The van der Waals surface area contributed by atoms with E-state index in [-0.39, 0.29) is 11.9 Å². The van der Waals surface area contributed by atoms with Crippen LogP contribution in [0.2, 0.25) is 0 Å². The topological polar surface area (TPSA) is 76.7 Å². The van der Waals surface area contributed by atoms with Gasteiger partial charge in [-0.05, 0) is 48.7 Å². The number of benzene rings is 2. The van der Waals surface area contributed by atoms with E-state index in [1.54, 1.807) is 33.5 Å². The zero-order valence-corrected chi connectivity index (χ0v) is 17.3. The van der Waals surface area contributed by atoms with Crippen molar-refractivity contribution >= 4 is 23.0 Å². The minimum absolute atomic E-state index is 0.0468. The lowest BCUT2D eigenvalue weighted by Crippen LogP contribution is -2.29. The Bertz CT molecular complexity index is 1030. The summed E-state index contributed by atoms with van der Waals surface area (Å²) in [5.41, 5.74) is 2.69. The smallest absolute Gasteiger partial charge is 0.247 e. The van der Waals surface area contributed by atoms with Crippen molar-refractivity contribution in [2.24, 2.45) is 0 Å². The quantitative estimate of drug-likeness (QED) is 0.626. The van der Waals surface area contributed by atoms with Gasteiger partial charge in [0.05, 0.1) is 38.4 Å². The summed E-state index contributed by atoms with van der Waals surface area (Å²) in [4.78, 5) is 22.9. The number of H-pyrrole nitrogens is 1. The number of hydrogen-bond acceptors (Lipinski definition) is 5. The first-order chi connectivity index (χ1) is 14.6. The predicted molar refractivity (Wildman–Crippen MR) is 115 cm³/mol. The normalized spacial score (nSPS) is 16.4. The summed E-state index contributed by atoms with van der Waals surface area (Å²) in [5.74, 6) is 2.40. The highest BCUT2D eigenvalue weighted by atomic mass is 16.5. The average Bonchev–Trinajstić information content (AvgIpc) is 3.43. The van der Waals surface area contributed by atoms with Crippen LogP contribution in [0.25, 0.3) is 17.1 Å². The van der Waals surface area contributed by atoms with Gasteiger partial charge in [0.15, 0.2) is 11.5 Å². The first-order valence-corrected chi connectivity index (χ1v) is 9.88. The van der Waals surface area contributed by atoms with Crippen LogP contribution in [0.5, 0.6) is 17.2 Å². The van der Waals surface area contributed by atoms with Gasteiger partial charge in [0.1, 0.15) is 5.82 Å². The van der Waals surface area contributed by atoms with E-state index in [1.165, 1.54) is 0 Å². The summed E-state index contributed by atoms with van der Waals surface area (Å²) in [5, 5.41) is 0. The minimum atomic E-state index is -0.0493. The van der Waals surface area contributed by atoms with Gasteiger partial charge in [-0.2, -0.15) is 0 Å². The molecular formula is C23H25N3O4. The summed E-state index contributed by atoms with van der Waals surface area (Å²) in [6, 6.07) is 11.5. The lowest BCUT2D eigenvalue weighted by Gasteiger charge is -2.21. The number of rotatable bonds is 6. The van der Waals surface area contributed by atoms with Gasteiger partial charge < -0.3 is 24.1 Å². The standard InChI is InChI=1S/C23H25N3O4/c1-28-19-13-15(14-20(29-2)22(19)30-3)10-11-21(27)26-12-6-9-18(26)23-24-16-7-4-5-8-17(16)25-23/h4-5,7-8,10-11,13-14,18H,6,9,12H2,1-3H3,(H,24,25)/b11-10+. The molecule has 1 N–H and O–H groups in total. The maximum absolute atomic E-state index is 13.0. The van der Waals surface area contributed by atoms with Gasteiger partial charge in [-0.25, -0.2) is 4.98 Å². The maximum atomic E-state index is 13.0. The number of nitrogens with zero attached hydrogens (tertiary/aromatic N) is 2. The van der Waals surface area contributed by atoms with Gasteiger partial charge in [-0.3, -0.25) is 4.79 Å². The molecule has 7 heteroatoms. The van der Waals surface area contributed by atoms with Gasteiger partial charge in [0.25, 0.3) is 0 Å². The molecule has 0 radical (unpaired) electrons. The summed E-state index contributed by atoms with van der Waals surface area (Å²) in [6.07, 6.45) is 5.19. The van der Waals surface area contributed by atoms with E-state index in [1.807, 2.05) is 41.3 Å². The Labute approximate surface area is 175 Å².